The molecule has 1 heterocycles. The van der Waals surface area contributed by atoms with Crippen LogP contribution in [0.25, 0.3) is 0 Å². The fraction of sp³-hybridized carbons (Fsp3) is 0.625. The van der Waals surface area contributed by atoms with Crippen LogP contribution in [0, 0.1) is 12.8 Å². The van der Waals surface area contributed by atoms with Crippen LogP contribution >= 0.6 is 11.3 Å². The van der Waals surface area contributed by atoms with Gasteiger partial charge >= 0.3 is 0 Å². The Bertz CT molecular complexity index is 375. The molecule has 5 heteroatoms. The summed E-state index contributed by atoms with van der Waals surface area (Å²) < 4.78 is 1.63. The minimum Gasteiger partial charge on any atom is -0.272 e. The van der Waals surface area contributed by atoms with Crippen LogP contribution in [-0.4, -0.2) is 15.7 Å². The molecule has 1 aromatic rings. The molecule has 4 nitrogen and oxygen atoms in total. The summed E-state index contributed by atoms with van der Waals surface area (Å²) >= 11 is 1.42. The molecule has 0 bridgehead atoms. The first-order chi connectivity index (χ1) is 6.00. The highest BCUT2D eigenvalue weighted by Gasteiger charge is 2.05. The molecule has 13 heavy (non-hydrogen) atoms. The lowest BCUT2D eigenvalue weighted by atomic mass is 10.2. The SMILES string of the molecule is Cc1nn(C)c(=NC(=O)C(C)C)s1. The quantitative estimate of drug-likeness (QED) is 0.674. The van der Waals surface area contributed by atoms with Crippen molar-refractivity contribution < 1.29 is 4.79 Å². The van der Waals surface area contributed by atoms with E-state index in [0.717, 1.165) is 5.01 Å². The molecule has 0 atom stereocenters. The van der Waals surface area contributed by atoms with Gasteiger partial charge < -0.3 is 0 Å². The van der Waals surface area contributed by atoms with E-state index in [1.54, 1.807) is 11.7 Å². The fourth-order valence-corrected chi connectivity index (χ4v) is 1.53. The molecule has 0 aliphatic carbocycles. The monoisotopic (exact) mass is 199 g/mol. The van der Waals surface area contributed by atoms with Crippen LogP contribution in [0.4, 0.5) is 0 Å². The minimum atomic E-state index is -0.0979. The van der Waals surface area contributed by atoms with Gasteiger partial charge in [0.15, 0.2) is 0 Å². The highest BCUT2D eigenvalue weighted by Crippen LogP contribution is 1.97. The Kier molecular flexibility index (Phi) is 2.98. The number of nitrogens with zero attached hydrogens (tertiary/aromatic N) is 3. The second-order valence-corrected chi connectivity index (χ2v) is 4.29. The second-order valence-electron chi connectivity index (χ2n) is 3.13. The third-order valence-electron chi connectivity index (χ3n) is 1.51. The zero-order valence-corrected chi connectivity index (χ0v) is 9.05. The fourth-order valence-electron chi connectivity index (χ4n) is 0.791. The maximum Gasteiger partial charge on any atom is 0.250 e. The number of hydrogen-bond donors (Lipinski definition) is 0. The van der Waals surface area contributed by atoms with E-state index >= 15 is 0 Å². The Labute approximate surface area is 80.9 Å². The predicted octanol–water partition coefficient (Wildman–Crippen LogP) is 0.873. The van der Waals surface area contributed by atoms with E-state index < -0.39 is 0 Å². The van der Waals surface area contributed by atoms with Gasteiger partial charge in [0.05, 0.1) is 0 Å². The number of rotatable bonds is 1. The van der Waals surface area contributed by atoms with Gasteiger partial charge in [0, 0.05) is 13.0 Å². The molecule has 0 spiro atoms. The summed E-state index contributed by atoms with van der Waals surface area (Å²) in [5.41, 5.74) is 0. The first kappa shape index (κ1) is 10.1. The van der Waals surface area contributed by atoms with Gasteiger partial charge in [-0.2, -0.15) is 10.1 Å². The van der Waals surface area contributed by atoms with Crippen LogP contribution in [0.3, 0.4) is 0 Å². The summed E-state index contributed by atoms with van der Waals surface area (Å²) in [6.07, 6.45) is 0. The molecule has 1 rings (SSSR count). The van der Waals surface area contributed by atoms with Gasteiger partial charge in [-0.1, -0.05) is 25.2 Å². The molecule has 0 N–H and O–H groups in total. The molecule has 0 aromatic carbocycles. The van der Waals surface area contributed by atoms with E-state index in [4.69, 9.17) is 0 Å². The van der Waals surface area contributed by atoms with Crippen LogP contribution in [0.5, 0.6) is 0 Å². The van der Waals surface area contributed by atoms with E-state index in [2.05, 4.69) is 10.1 Å². The van der Waals surface area contributed by atoms with Gasteiger partial charge in [-0.15, -0.1) is 0 Å². The van der Waals surface area contributed by atoms with Gasteiger partial charge in [0.1, 0.15) is 5.01 Å². The summed E-state index contributed by atoms with van der Waals surface area (Å²) in [5, 5.41) is 5.03. The van der Waals surface area contributed by atoms with E-state index in [9.17, 15) is 4.79 Å². The third kappa shape index (κ3) is 2.48. The van der Waals surface area contributed by atoms with E-state index in [-0.39, 0.29) is 11.8 Å². The van der Waals surface area contributed by atoms with Crippen molar-refractivity contribution in [3.05, 3.63) is 9.81 Å². The van der Waals surface area contributed by atoms with Gasteiger partial charge in [0.2, 0.25) is 4.80 Å². The normalized spacial score (nSPS) is 12.5. The zero-order chi connectivity index (χ0) is 10.0. The molecule has 0 aliphatic rings. The summed E-state index contributed by atoms with van der Waals surface area (Å²) in [7, 11) is 1.79. The Hall–Kier alpha value is -0.970. The van der Waals surface area contributed by atoms with E-state index in [1.807, 2.05) is 20.8 Å². The lowest BCUT2D eigenvalue weighted by Crippen LogP contribution is -2.16. The maximum atomic E-state index is 11.3. The molecule has 72 valence electrons. The Morgan fingerprint density at radius 3 is 2.62 bits per heavy atom. The molecule has 0 radical (unpaired) electrons. The van der Waals surface area contributed by atoms with Crippen molar-refractivity contribution in [2.24, 2.45) is 18.0 Å². The molecule has 1 amide bonds. The van der Waals surface area contributed by atoms with Crippen LogP contribution in [0.1, 0.15) is 18.9 Å². The minimum absolute atomic E-state index is 0.0533. The average molecular weight is 199 g/mol. The number of aromatic nitrogens is 2. The Morgan fingerprint density at radius 2 is 2.23 bits per heavy atom. The zero-order valence-electron chi connectivity index (χ0n) is 8.24. The molecule has 0 saturated carbocycles. The number of carbonyl (C=O) groups is 1. The first-order valence-electron chi connectivity index (χ1n) is 4.10. The topological polar surface area (TPSA) is 47.2 Å². The smallest absolute Gasteiger partial charge is 0.250 e. The summed E-state index contributed by atoms with van der Waals surface area (Å²) in [5.74, 6) is -0.151. The van der Waals surface area contributed by atoms with Gasteiger partial charge in [-0.05, 0) is 6.92 Å². The highest BCUT2D eigenvalue weighted by atomic mass is 32.1. The lowest BCUT2D eigenvalue weighted by molar-refractivity contribution is -0.120. The largest absolute Gasteiger partial charge is 0.272 e. The van der Waals surface area contributed by atoms with E-state index in [0.29, 0.717) is 4.80 Å². The van der Waals surface area contributed by atoms with Crippen molar-refractivity contribution in [3.8, 4) is 0 Å². The van der Waals surface area contributed by atoms with Gasteiger partial charge in [-0.25, -0.2) is 4.68 Å². The Balaban J connectivity index is 3.07. The summed E-state index contributed by atoms with van der Waals surface area (Å²) in [6.45, 7) is 5.56. The molecule has 0 fully saturated rings. The number of hydrogen-bond acceptors (Lipinski definition) is 3. The highest BCUT2D eigenvalue weighted by molar-refractivity contribution is 7.08. The van der Waals surface area contributed by atoms with Gasteiger partial charge in [0.25, 0.3) is 5.91 Å². The maximum absolute atomic E-state index is 11.3. The summed E-state index contributed by atoms with van der Waals surface area (Å²) in [4.78, 5) is 15.9. The van der Waals surface area contributed by atoms with Crippen molar-refractivity contribution >= 4 is 17.2 Å². The number of carbonyl (C=O) groups excluding carboxylic acids is 1. The molecule has 1 aromatic heterocycles. The van der Waals surface area contributed by atoms with Crippen LogP contribution in [0.15, 0.2) is 4.99 Å². The average Bonchev–Trinajstić information content (AvgIpc) is 2.30. The number of aryl methyl sites for hydroxylation is 2. The molecular weight excluding hydrogens is 186 g/mol. The lowest BCUT2D eigenvalue weighted by Gasteiger charge is -1.94. The Morgan fingerprint density at radius 1 is 1.62 bits per heavy atom. The molecule has 0 aliphatic heterocycles. The van der Waals surface area contributed by atoms with Crippen molar-refractivity contribution in [3.63, 3.8) is 0 Å². The summed E-state index contributed by atoms with van der Waals surface area (Å²) in [6, 6.07) is 0. The van der Waals surface area contributed by atoms with E-state index in [1.165, 1.54) is 11.3 Å². The number of amides is 1. The first-order valence-corrected chi connectivity index (χ1v) is 4.91. The molecule has 0 unspecified atom stereocenters. The second kappa shape index (κ2) is 3.83. The van der Waals surface area contributed by atoms with Crippen molar-refractivity contribution in [2.45, 2.75) is 20.8 Å². The van der Waals surface area contributed by atoms with Crippen molar-refractivity contribution in [1.82, 2.24) is 9.78 Å². The van der Waals surface area contributed by atoms with Crippen LogP contribution in [-0.2, 0) is 11.8 Å². The van der Waals surface area contributed by atoms with Crippen molar-refractivity contribution in [1.29, 1.82) is 0 Å². The van der Waals surface area contributed by atoms with Crippen molar-refractivity contribution in [2.75, 3.05) is 0 Å². The van der Waals surface area contributed by atoms with Crippen LogP contribution in [0.2, 0.25) is 0 Å². The third-order valence-corrected chi connectivity index (χ3v) is 2.42. The molecule has 0 saturated heterocycles. The van der Waals surface area contributed by atoms with Gasteiger partial charge in [-0.3, -0.25) is 4.79 Å². The molecular formula is C8H13N3OS. The van der Waals surface area contributed by atoms with Crippen LogP contribution < -0.4 is 4.80 Å². The standard InChI is InChI=1S/C8H13N3OS/c1-5(2)7(12)9-8-11(4)10-6(3)13-8/h5H,1-4H3. The predicted molar refractivity (Wildman–Crippen MR) is 51.2 cm³/mol.